The van der Waals surface area contributed by atoms with Gasteiger partial charge in [0.05, 0.1) is 17.7 Å². The molecule has 0 saturated carbocycles. The van der Waals surface area contributed by atoms with Crippen molar-refractivity contribution in [3.8, 4) is 11.5 Å². The summed E-state index contributed by atoms with van der Waals surface area (Å²) in [7, 11) is 2.91. The number of aliphatic hydroxyl groups excluding tert-OH is 1. The Balaban J connectivity index is 3.25. The van der Waals surface area contributed by atoms with Crippen LogP contribution in [0.4, 0.5) is 4.39 Å². The number of rotatable bonds is 4. The predicted molar refractivity (Wildman–Crippen MR) is 61.2 cm³/mol. The number of aliphatic hydroxyl groups is 1. The van der Waals surface area contributed by atoms with E-state index in [0.717, 1.165) is 0 Å². The van der Waals surface area contributed by atoms with Crippen LogP contribution in [0.3, 0.4) is 0 Å². The topological polar surface area (TPSA) is 61.7 Å². The fourth-order valence-electron chi connectivity index (χ4n) is 1.36. The molecule has 1 unspecified atom stereocenters. The van der Waals surface area contributed by atoms with Crippen molar-refractivity contribution >= 4 is 15.9 Å². The quantitative estimate of drug-likeness (QED) is 0.788. The van der Waals surface area contributed by atoms with E-state index >= 15 is 0 Å². The molecule has 0 aliphatic carbocycles. The van der Waals surface area contributed by atoms with E-state index in [1.807, 2.05) is 0 Å². The fraction of sp³-hybridized carbons (Fsp3) is 0.400. The molecule has 1 rings (SSSR count). The van der Waals surface area contributed by atoms with Crippen LogP contribution < -0.4 is 10.1 Å². The number of phenolic OH excluding ortho intramolecular Hbond substituents is 1. The van der Waals surface area contributed by atoms with Crippen molar-refractivity contribution in [1.29, 1.82) is 0 Å². The van der Waals surface area contributed by atoms with Gasteiger partial charge in [-0.1, -0.05) is 0 Å². The molecule has 0 aliphatic rings. The molecule has 16 heavy (non-hydrogen) atoms. The molecule has 0 fully saturated rings. The summed E-state index contributed by atoms with van der Waals surface area (Å²) < 4.78 is 18.3. The van der Waals surface area contributed by atoms with E-state index in [2.05, 4.69) is 21.2 Å². The summed E-state index contributed by atoms with van der Waals surface area (Å²) >= 11 is 2.99. The zero-order chi connectivity index (χ0) is 12.3. The minimum absolute atomic E-state index is 0.132. The maximum absolute atomic E-state index is 13.5. The third-order valence-corrected chi connectivity index (χ3v) is 2.72. The SMILES string of the molecule is CNCC(O)c1cc(Br)c(F)c(OC)c1O. The van der Waals surface area contributed by atoms with Crippen molar-refractivity contribution in [2.75, 3.05) is 20.7 Å². The molecule has 4 nitrogen and oxygen atoms in total. The van der Waals surface area contributed by atoms with Crippen LogP contribution in [0.1, 0.15) is 11.7 Å². The third kappa shape index (κ3) is 2.45. The van der Waals surface area contributed by atoms with Crippen LogP contribution in [0.2, 0.25) is 0 Å². The van der Waals surface area contributed by atoms with Gasteiger partial charge in [0, 0.05) is 12.1 Å². The molecular formula is C10H13BrFNO3. The van der Waals surface area contributed by atoms with E-state index in [4.69, 9.17) is 4.74 Å². The van der Waals surface area contributed by atoms with Crippen LogP contribution in [-0.4, -0.2) is 30.9 Å². The second kappa shape index (κ2) is 5.47. The number of likely N-dealkylation sites (N-methyl/N-ethyl adjacent to an activating group) is 1. The van der Waals surface area contributed by atoms with E-state index in [1.54, 1.807) is 7.05 Å². The normalized spacial score (nSPS) is 12.6. The van der Waals surface area contributed by atoms with Gasteiger partial charge in [0.25, 0.3) is 0 Å². The summed E-state index contributed by atoms with van der Waals surface area (Å²) in [6, 6.07) is 1.33. The van der Waals surface area contributed by atoms with Gasteiger partial charge in [-0.25, -0.2) is 4.39 Å². The molecular weight excluding hydrogens is 281 g/mol. The zero-order valence-electron chi connectivity index (χ0n) is 8.92. The number of hydrogen-bond donors (Lipinski definition) is 3. The summed E-state index contributed by atoms with van der Waals surface area (Å²) in [4.78, 5) is 0. The molecule has 0 saturated heterocycles. The van der Waals surface area contributed by atoms with Crippen LogP contribution in [0.5, 0.6) is 11.5 Å². The van der Waals surface area contributed by atoms with E-state index in [0.29, 0.717) is 0 Å². The number of halogens is 2. The molecule has 1 atom stereocenters. The Morgan fingerprint density at radius 2 is 2.25 bits per heavy atom. The summed E-state index contributed by atoms with van der Waals surface area (Å²) in [6.45, 7) is 0.245. The Bertz CT molecular complexity index is 387. The van der Waals surface area contributed by atoms with Gasteiger partial charge < -0.3 is 20.3 Å². The Hall–Kier alpha value is -0.850. The Morgan fingerprint density at radius 1 is 1.62 bits per heavy atom. The highest BCUT2D eigenvalue weighted by Crippen LogP contribution is 2.39. The lowest BCUT2D eigenvalue weighted by Gasteiger charge is -2.15. The van der Waals surface area contributed by atoms with E-state index in [-0.39, 0.29) is 28.1 Å². The van der Waals surface area contributed by atoms with Gasteiger partial charge in [0.2, 0.25) is 0 Å². The van der Waals surface area contributed by atoms with Crippen molar-refractivity contribution in [1.82, 2.24) is 5.32 Å². The lowest BCUT2D eigenvalue weighted by Crippen LogP contribution is -2.17. The first-order valence-electron chi connectivity index (χ1n) is 4.60. The van der Waals surface area contributed by atoms with E-state index < -0.39 is 11.9 Å². The number of benzene rings is 1. The Morgan fingerprint density at radius 3 is 2.75 bits per heavy atom. The minimum Gasteiger partial charge on any atom is -0.504 e. The standard InChI is InChI=1S/C10H13BrFNO3/c1-13-4-7(14)5-3-6(11)8(12)10(16-2)9(5)15/h3,7,13-15H,4H2,1-2H3. The summed E-state index contributed by atoms with van der Waals surface area (Å²) in [5.41, 5.74) is 0.208. The number of phenols is 1. The Labute approximate surface area is 101 Å². The molecule has 3 N–H and O–H groups in total. The minimum atomic E-state index is -0.934. The lowest BCUT2D eigenvalue weighted by atomic mass is 10.1. The summed E-state index contributed by atoms with van der Waals surface area (Å²) in [5, 5.41) is 22.2. The lowest BCUT2D eigenvalue weighted by molar-refractivity contribution is 0.172. The average molecular weight is 294 g/mol. The molecule has 0 amide bonds. The molecule has 1 aromatic carbocycles. The molecule has 0 radical (unpaired) electrons. The fourth-order valence-corrected chi connectivity index (χ4v) is 1.78. The van der Waals surface area contributed by atoms with Crippen molar-refractivity contribution in [2.45, 2.75) is 6.10 Å². The van der Waals surface area contributed by atoms with Crippen LogP contribution in [-0.2, 0) is 0 Å². The maximum atomic E-state index is 13.5. The van der Waals surface area contributed by atoms with Crippen molar-refractivity contribution in [3.05, 3.63) is 21.9 Å². The highest BCUT2D eigenvalue weighted by atomic mass is 79.9. The van der Waals surface area contributed by atoms with Gasteiger partial charge in [-0.2, -0.15) is 0 Å². The van der Waals surface area contributed by atoms with E-state index in [9.17, 15) is 14.6 Å². The van der Waals surface area contributed by atoms with Crippen molar-refractivity contribution in [3.63, 3.8) is 0 Å². The monoisotopic (exact) mass is 293 g/mol. The van der Waals surface area contributed by atoms with Crippen LogP contribution in [0.15, 0.2) is 10.5 Å². The zero-order valence-corrected chi connectivity index (χ0v) is 10.5. The number of methoxy groups -OCH3 is 1. The van der Waals surface area contributed by atoms with Crippen LogP contribution >= 0.6 is 15.9 Å². The number of ether oxygens (including phenoxy) is 1. The molecule has 0 aromatic heterocycles. The highest BCUT2D eigenvalue weighted by molar-refractivity contribution is 9.10. The first-order valence-corrected chi connectivity index (χ1v) is 5.39. The molecule has 0 bridgehead atoms. The summed E-state index contributed by atoms with van der Waals surface area (Å²) in [6.07, 6.45) is -0.934. The highest BCUT2D eigenvalue weighted by Gasteiger charge is 2.21. The first-order chi connectivity index (χ1) is 7.52. The number of nitrogens with one attached hydrogen (secondary N) is 1. The predicted octanol–water partition coefficient (Wildman–Crippen LogP) is 1.56. The molecule has 0 heterocycles. The molecule has 0 aliphatic heterocycles. The largest absolute Gasteiger partial charge is 0.504 e. The van der Waals surface area contributed by atoms with Gasteiger partial charge in [-0.3, -0.25) is 0 Å². The van der Waals surface area contributed by atoms with Crippen molar-refractivity contribution in [2.24, 2.45) is 0 Å². The summed E-state index contributed by atoms with van der Waals surface area (Å²) in [5.74, 6) is -1.36. The second-order valence-electron chi connectivity index (χ2n) is 3.22. The van der Waals surface area contributed by atoms with Crippen molar-refractivity contribution < 1.29 is 19.3 Å². The number of aromatic hydroxyl groups is 1. The molecule has 6 heteroatoms. The maximum Gasteiger partial charge on any atom is 0.198 e. The smallest absolute Gasteiger partial charge is 0.198 e. The molecule has 90 valence electrons. The van der Waals surface area contributed by atoms with Crippen LogP contribution in [0, 0.1) is 5.82 Å². The van der Waals surface area contributed by atoms with Gasteiger partial charge in [-0.05, 0) is 29.0 Å². The van der Waals surface area contributed by atoms with Gasteiger partial charge >= 0.3 is 0 Å². The number of hydrogen-bond acceptors (Lipinski definition) is 4. The average Bonchev–Trinajstić information content (AvgIpc) is 2.24. The molecule has 1 aromatic rings. The van der Waals surface area contributed by atoms with E-state index in [1.165, 1.54) is 13.2 Å². The third-order valence-electron chi connectivity index (χ3n) is 2.14. The van der Waals surface area contributed by atoms with Gasteiger partial charge in [-0.15, -0.1) is 0 Å². The second-order valence-corrected chi connectivity index (χ2v) is 4.07. The Kier molecular flexibility index (Phi) is 4.52. The van der Waals surface area contributed by atoms with Gasteiger partial charge in [0.15, 0.2) is 17.3 Å². The van der Waals surface area contributed by atoms with Crippen LogP contribution in [0.25, 0.3) is 0 Å². The molecule has 0 spiro atoms. The van der Waals surface area contributed by atoms with Gasteiger partial charge in [0.1, 0.15) is 0 Å². The first kappa shape index (κ1) is 13.2.